The zero-order chi connectivity index (χ0) is 15.5. The summed E-state index contributed by atoms with van der Waals surface area (Å²) in [6.07, 6.45) is 5.90. The van der Waals surface area contributed by atoms with Crippen molar-refractivity contribution in [2.75, 3.05) is 5.32 Å². The minimum Gasteiger partial charge on any atom is -0.324 e. The van der Waals surface area contributed by atoms with Crippen molar-refractivity contribution < 1.29 is 17.6 Å². The van der Waals surface area contributed by atoms with Gasteiger partial charge in [0.1, 0.15) is 5.82 Å². The molecule has 0 unspecified atom stereocenters. The van der Waals surface area contributed by atoms with Crippen LogP contribution in [0.2, 0.25) is 0 Å². The van der Waals surface area contributed by atoms with Crippen molar-refractivity contribution in [3.8, 4) is 0 Å². The fourth-order valence-corrected chi connectivity index (χ4v) is 3.36. The maximum absolute atomic E-state index is 13.7. The van der Waals surface area contributed by atoms with Crippen molar-refractivity contribution in [2.45, 2.75) is 43.4 Å². The van der Waals surface area contributed by atoms with Crippen LogP contribution in [0.5, 0.6) is 0 Å². The molecule has 1 aromatic rings. The Bertz CT molecular complexity index is 627. The Morgan fingerprint density at radius 1 is 1.33 bits per heavy atom. The largest absolute Gasteiger partial charge is 0.324 e. The summed E-state index contributed by atoms with van der Waals surface area (Å²) in [7, 11) is 1.16. The van der Waals surface area contributed by atoms with E-state index in [1.54, 1.807) is 0 Å². The summed E-state index contributed by atoms with van der Waals surface area (Å²) in [4.78, 5) is 11.5. The van der Waals surface area contributed by atoms with Gasteiger partial charge in [0.2, 0.25) is 5.91 Å². The third-order valence-electron chi connectivity index (χ3n) is 3.75. The van der Waals surface area contributed by atoms with Gasteiger partial charge < -0.3 is 5.32 Å². The van der Waals surface area contributed by atoms with Crippen molar-refractivity contribution in [3.05, 3.63) is 24.0 Å². The van der Waals surface area contributed by atoms with E-state index in [1.807, 2.05) is 0 Å². The third kappa shape index (κ3) is 4.68. The lowest BCUT2D eigenvalue weighted by Gasteiger charge is -2.10. The van der Waals surface area contributed by atoms with Gasteiger partial charge in [0.25, 0.3) is 9.05 Å². The number of anilines is 1. The fourth-order valence-electron chi connectivity index (χ4n) is 2.60. The Balaban J connectivity index is 1.94. The quantitative estimate of drug-likeness (QED) is 0.836. The maximum Gasteiger partial charge on any atom is 0.261 e. The number of hydrogen-bond acceptors (Lipinski definition) is 3. The van der Waals surface area contributed by atoms with Gasteiger partial charge in [-0.05, 0) is 30.5 Å². The van der Waals surface area contributed by atoms with Crippen molar-refractivity contribution in [2.24, 2.45) is 5.92 Å². The fraction of sp³-hybridized carbons (Fsp3) is 0.500. The molecule has 1 fully saturated rings. The molecule has 0 bridgehead atoms. The highest BCUT2D eigenvalue weighted by Gasteiger charge is 2.17. The van der Waals surface area contributed by atoms with Gasteiger partial charge in [-0.1, -0.05) is 25.7 Å². The number of nitrogens with one attached hydrogen (secondary N) is 1. The Hall–Kier alpha value is -1.14. The molecule has 1 amide bonds. The van der Waals surface area contributed by atoms with Crippen LogP contribution < -0.4 is 5.32 Å². The van der Waals surface area contributed by atoms with E-state index in [1.165, 1.54) is 18.9 Å². The zero-order valence-corrected chi connectivity index (χ0v) is 13.0. The highest BCUT2D eigenvalue weighted by atomic mass is 35.7. The number of benzene rings is 1. The average molecular weight is 334 g/mol. The minimum absolute atomic E-state index is 0.0320. The molecule has 0 spiro atoms. The number of hydrogen-bond donors (Lipinski definition) is 1. The lowest BCUT2D eigenvalue weighted by atomic mass is 10.0. The van der Waals surface area contributed by atoms with Crippen molar-refractivity contribution in [1.82, 2.24) is 0 Å². The number of carbonyl (C=O) groups excluding carboxylic acids is 1. The van der Waals surface area contributed by atoms with E-state index >= 15 is 0 Å². The lowest BCUT2D eigenvalue weighted by molar-refractivity contribution is -0.116. The SMILES string of the molecule is O=C(CCC1CCCC1)Nc1ccc(S(=O)(=O)Cl)cc1F. The molecule has 0 atom stereocenters. The molecule has 0 saturated heterocycles. The van der Waals surface area contributed by atoms with Crippen LogP contribution in [-0.4, -0.2) is 14.3 Å². The first kappa shape index (κ1) is 16.2. The summed E-state index contributed by atoms with van der Waals surface area (Å²) in [5.74, 6) is -0.488. The van der Waals surface area contributed by atoms with Gasteiger partial charge in [-0.25, -0.2) is 12.8 Å². The average Bonchev–Trinajstić information content (AvgIpc) is 2.91. The predicted octanol–water partition coefficient (Wildman–Crippen LogP) is 3.66. The molecule has 0 aromatic heterocycles. The summed E-state index contributed by atoms with van der Waals surface area (Å²) < 4.78 is 35.9. The van der Waals surface area contributed by atoms with Crippen LogP contribution in [0.1, 0.15) is 38.5 Å². The van der Waals surface area contributed by atoms with Gasteiger partial charge in [0, 0.05) is 17.1 Å². The molecule has 1 saturated carbocycles. The summed E-state index contributed by atoms with van der Waals surface area (Å²) in [5.41, 5.74) is -0.0320. The first-order chi connectivity index (χ1) is 9.86. The highest BCUT2D eigenvalue weighted by Crippen LogP contribution is 2.28. The van der Waals surface area contributed by atoms with Crippen molar-refractivity contribution in [3.63, 3.8) is 0 Å². The van der Waals surface area contributed by atoms with Gasteiger partial charge in [0.15, 0.2) is 0 Å². The molecule has 0 aliphatic heterocycles. The summed E-state index contributed by atoms with van der Waals surface area (Å²) in [6, 6.07) is 3.17. The van der Waals surface area contributed by atoms with E-state index < -0.39 is 14.9 Å². The van der Waals surface area contributed by atoms with Crippen LogP contribution >= 0.6 is 10.7 Å². The number of amides is 1. The molecular formula is C14H17ClFNO3S. The molecule has 116 valence electrons. The minimum atomic E-state index is -3.97. The molecular weight excluding hydrogens is 317 g/mol. The van der Waals surface area contributed by atoms with Crippen LogP contribution in [0.15, 0.2) is 23.1 Å². The van der Waals surface area contributed by atoms with Gasteiger partial charge in [-0.15, -0.1) is 0 Å². The van der Waals surface area contributed by atoms with Crippen molar-refractivity contribution >= 4 is 31.3 Å². The van der Waals surface area contributed by atoms with Crippen LogP contribution in [-0.2, 0) is 13.8 Å². The predicted molar refractivity (Wildman–Crippen MR) is 79.3 cm³/mol. The summed E-state index contributed by atoms with van der Waals surface area (Å²) in [6.45, 7) is 0. The van der Waals surface area contributed by atoms with E-state index in [9.17, 15) is 17.6 Å². The molecule has 1 aromatic carbocycles. The standard InChI is InChI=1S/C14H17ClFNO3S/c15-21(19,20)11-6-7-13(12(16)9-11)17-14(18)8-5-10-3-1-2-4-10/h6-7,9-10H,1-5,8H2,(H,17,18). The summed E-state index contributed by atoms with van der Waals surface area (Å²) in [5, 5.41) is 2.46. The molecule has 2 rings (SSSR count). The molecule has 7 heteroatoms. The molecule has 1 aliphatic carbocycles. The summed E-state index contributed by atoms with van der Waals surface area (Å²) >= 11 is 0. The molecule has 1 aliphatic rings. The smallest absolute Gasteiger partial charge is 0.261 e. The van der Waals surface area contributed by atoms with E-state index in [4.69, 9.17) is 10.7 Å². The highest BCUT2D eigenvalue weighted by molar-refractivity contribution is 8.13. The van der Waals surface area contributed by atoms with Crippen LogP contribution in [0.25, 0.3) is 0 Å². The third-order valence-corrected chi connectivity index (χ3v) is 5.10. The Kier molecular flexibility index (Phi) is 5.22. The molecule has 4 nitrogen and oxygen atoms in total. The Labute approximate surface area is 128 Å². The topological polar surface area (TPSA) is 63.2 Å². The van der Waals surface area contributed by atoms with Crippen LogP contribution in [0.3, 0.4) is 0 Å². The van der Waals surface area contributed by atoms with E-state index in [2.05, 4.69) is 5.32 Å². The first-order valence-corrected chi connectivity index (χ1v) is 9.21. The molecule has 0 heterocycles. The lowest BCUT2D eigenvalue weighted by Crippen LogP contribution is -2.14. The van der Waals surface area contributed by atoms with E-state index in [-0.39, 0.29) is 16.5 Å². The Morgan fingerprint density at radius 3 is 2.57 bits per heavy atom. The van der Waals surface area contributed by atoms with E-state index in [0.717, 1.165) is 31.4 Å². The number of carbonyl (C=O) groups is 1. The van der Waals surface area contributed by atoms with Crippen molar-refractivity contribution in [1.29, 1.82) is 0 Å². The Morgan fingerprint density at radius 2 is 2.00 bits per heavy atom. The first-order valence-electron chi connectivity index (χ1n) is 6.90. The molecule has 1 N–H and O–H groups in total. The van der Waals surface area contributed by atoms with Gasteiger partial charge in [-0.3, -0.25) is 4.79 Å². The van der Waals surface area contributed by atoms with E-state index in [0.29, 0.717) is 12.3 Å². The second-order valence-corrected chi connectivity index (χ2v) is 7.88. The zero-order valence-electron chi connectivity index (χ0n) is 11.4. The maximum atomic E-state index is 13.7. The van der Waals surface area contributed by atoms with Gasteiger partial charge >= 0.3 is 0 Å². The molecule has 21 heavy (non-hydrogen) atoms. The van der Waals surface area contributed by atoms with Crippen LogP contribution in [0, 0.1) is 11.7 Å². The number of rotatable bonds is 5. The molecule has 0 radical (unpaired) electrons. The number of halogens is 2. The normalized spacial score (nSPS) is 16.1. The van der Waals surface area contributed by atoms with Gasteiger partial charge in [-0.2, -0.15) is 0 Å². The monoisotopic (exact) mass is 333 g/mol. The van der Waals surface area contributed by atoms with Crippen LogP contribution in [0.4, 0.5) is 10.1 Å². The van der Waals surface area contributed by atoms with Gasteiger partial charge in [0.05, 0.1) is 10.6 Å². The second-order valence-electron chi connectivity index (χ2n) is 5.32. The second kappa shape index (κ2) is 6.75.